The molecule has 122 valence electrons. The summed E-state index contributed by atoms with van der Waals surface area (Å²) in [6, 6.07) is 6.74. The van der Waals surface area contributed by atoms with Gasteiger partial charge < -0.3 is 0 Å². The molecule has 2 rings (SSSR count). The van der Waals surface area contributed by atoms with Crippen LogP contribution in [0.3, 0.4) is 0 Å². The maximum Gasteiger partial charge on any atom is 0.391 e. The summed E-state index contributed by atoms with van der Waals surface area (Å²) in [6.07, 6.45) is -3.31. The Morgan fingerprint density at radius 1 is 1.27 bits per heavy atom. The van der Waals surface area contributed by atoms with Gasteiger partial charge in [-0.3, -0.25) is 4.79 Å². The average molecular weight is 333 g/mol. The van der Waals surface area contributed by atoms with Crippen LogP contribution in [0.4, 0.5) is 13.2 Å². The number of carbonyl (C=O) groups is 1. The molecule has 1 fully saturated rings. The highest BCUT2D eigenvalue weighted by molar-refractivity contribution is 6.67. The first-order valence-electron chi connectivity index (χ1n) is 7.56. The van der Waals surface area contributed by atoms with Crippen molar-refractivity contribution >= 4 is 16.8 Å². The molecular formula is C17H20ClF3O. The number of carbonyl (C=O) groups excluding carboxylic acids is 1. The van der Waals surface area contributed by atoms with Crippen molar-refractivity contribution in [2.45, 2.75) is 45.2 Å². The molecule has 0 saturated heterocycles. The van der Waals surface area contributed by atoms with Gasteiger partial charge in [-0.15, -0.1) is 0 Å². The van der Waals surface area contributed by atoms with E-state index in [1.165, 1.54) is 0 Å². The van der Waals surface area contributed by atoms with E-state index in [9.17, 15) is 18.0 Å². The maximum atomic E-state index is 13.1. The summed E-state index contributed by atoms with van der Waals surface area (Å²) in [5.41, 5.74) is 1.13. The Morgan fingerprint density at radius 3 is 2.50 bits per heavy atom. The molecule has 0 radical (unpaired) electrons. The zero-order valence-corrected chi connectivity index (χ0v) is 13.4. The van der Waals surface area contributed by atoms with Gasteiger partial charge in [0.2, 0.25) is 0 Å². The van der Waals surface area contributed by atoms with Crippen LogP contribution < -0.4 is 0 Å². The number of rotatable bonds is 3. The fourth-order valence-electron chi connectivity index (χ4n) is 3.56. The Kier molecular flexibility index (Phi) is 5.21. The molecule has 5 heteroatoms. The van der Waals surface area contributed by atoms with Gasteiger partial charge in [-0.2, -0.15) is 13.2 Å². The molecule has 3 unspecified atom stereocenters. The zero-order valence-electron chi connectivity index (χ0n) is 12.7. The van der Waals surface area contributed by atoms with E-state index >= 15 is 0 Å². The second-order valence-corrected chi connectivity index (χ2v) is 6.81. The van der Waals surface area contributed by atoms with Crippen molar-refractivity contribution in [2.24, 2.45) is 17.8 Å². The monoisotopic (exact) mass is 332 g/mol. The Bertz CT molecular complexity index is 539. The summed E-state index contributed by atoms with van der Waals surface area (Å²) < 4.78 is 39.3. The Hall–Kier alpha value is -1.03. The first kappa shape index (κ1) is 17.3. The fourth-order valence-corrected chi connectivity index (χ4v) is 3.68. The number of alkyl halides is 3. The number of benzene rings is 1. The van der Waals surface area contributed by atoms with Gasteiger partial charge in [0.05, 0.1) is 5.92 Å². The minimum atomic E-state index is -4.15. The molecule has 0 bridgehead atoms. The third kappa shape index (κ3) is 3.83. The molecule has 0 heterocycles. The molecule has 1 aliphatic rings. The van der Waals surface area contributed by atoms with E-state index in [1.807, 2.05) is 19.9 Å². The minimum absolute atomic E-state index is 0.0896. The SMILES string of the molecule is CC(C)C1CCC(C(F)(F)F)CC1c1cccc(C(=O)Cl)c1. The molecule has 0 spiro atoms. The minimum Gasteiger partial charge on any atom is -0.276 e. The standard InChI is InChI=1S/C17H20ClF3O/c1-10(2)14-7-6-13(17(19,20)21)9-15(14)11-4-3-5-12(8-11)16(18)22/h3-5,8,10,13-15H,6-7,9H2,1-2H3. The number of hydrogen-bond acceptors (Lipinski definition) is 1. The highest BCUT2D eigenvalue weighted by Gasteiger charge is 2.45. The summed E-state index contributed by atoms with van der Waals surface area (Å²) in [5, 5.41) is -0.578. The van der Waals surface area contributed by atoms with E-state index < -0.39 is 17.3 Å². The lowest BCUT2D eigenvalue weighted by molar-refractivity contribution is -0.186. The third-order valence-corrected chi connectivity index (χ3v) is 4.98. The van der Waals surface area contributed by atoms with Crippen LogP contribution in [0.1, 0.15) is 54.9 Å². The van der Waals surface area contributed by atoms with Crippen molar-refractivity contribution < 1.29 is 18.0 Å². The van der Waals surface area contributed by atoms with Gasteiger partial charge in [-0.25, -0.2) is 0 Å². The van der Waals surface area contributed by atoms with Gasteiger partial charge in [0, 0.05) is 5.56 Å². The van der Waals surface area contributed by atoms with Crippen LogP contribution in [0.25, 0.3) is 0 Å². The van der Waals surface area contributed by atoms with Crippen LogP contribution in [0.5, 0.6) is 0 Å². The lowest BCUT2D eigenvalue weighted by Gasteiger charge is -2.39. The van der Waals surface area contributed by atoms with Crippen molar-refractivity contribution in [2.75, 3.05) is 0 Å². The molecule has 1 aromatic carbocycles. The van der Waals surface area contributed by atoms with E-state index in [-0.39, 0.29) is 24.7 Å². The third-order valence-electron chi connectivity index (χ3n) is 4.76. The lowest BCUT2D eigenvalue weighted by atomic mass is 9.67. The smallest absolute Gasteiger partial charge is 0.276 e. The van der Waals surface area contributed by atoms with Crippen LogP contribution in [0, 0.1) is 17.8 Å². The molecular weight excluding hydrogens is 313 g/mol. The predicted octanol–water partition coefficient (Wildman–Crippen LogP) is 5.78. The largest absolute Gasteiger partial charge is 0.391 e. The van der Waals surface area contributed by atoms with Gasteiger partial charge >= 0.3 is 6.18 Å². The molecule has 1 aliphatic carbocycles. The van der Waals surface area contributed by atoms with Crippen LogP contribution in [-0.4, -0.2) is 11.4 Å². The Labute approximate surface area is 133 Å². The van der Waals surface area contributed by atoms with Crippen molar-refractivity contribution in [3.05, 3.63) is 35.4 Å². The summed E-state index contributed by atoms with van der Waals surface area (Å²) >= 11 is 5.50. The summed E-state index contributed by atoms with van der Waals surface area (Å²) in [7, 11) is 0. The molecule has 0 N–H and O–H groups in total. The van der Waals surface area contributed by atoms with Crippen LogP contribution in [-0.2, 0) is 0 Å². The average Bonchev–Trinajstić information content (AvgIpc) is 2.45. The van der Waals surface area contributed by atoms with Gasteiger partial charge in [0.15, 0.2) is 0 Å². The molecule has 1 aromatic rings. The predicted molar refractivity (Wildman–Crippen MR) is 81.1 cm³/mol. The summed E-state index contributed by atoms with van der Waals surface area (Å²) in [6.45, 7) is 4.09. The maximum absolute atomic E-state index is 13.1. The van der Waals surface area contributed by atoms with Gasteiger partial charge in [0.1, 0.15) is 0 Å². The number of halogens is 4. The van der Waals surface area contributed by atoms with Gasteiger partial charge in [0.25, 0.3) is 5.24 Å². The van der Waals surface area contributed by atoms with E-state index in [0.29, 0.717) is 17.9 Å². The summed E-state index contributed by atoms with van der Waals surface area (Å²) in [5.74, 6) is -0.951. The van der Waals surface area contributed by atoms with Crippen molar-refractivity contribution in [3.63, 3.8) is 0 Å². The van der Waals surface area contributed by atoms with Gasteiger partial charge in [-0.1, -0.05) is 32.0 Å². The normalized spacial score (nSPS) is 26.2. The van der Waals surface area contributed by atoms with Crippen molar-refractivity contribution in [1.29, 1.82) is 0 Å². The fraction of sp³-hybridized carbons (Fsp3) is 0.588. The number of hydrogen-bond donors (Lipinski definition) is 0. The van der Waals surface area contributed by atoms with Crippen LogP contribution in [0.2, 0.25) is 0 Å². The quantitative estimate of drug-likeness (QED) is 0.641. The topological polar surface area (TPSA) is 17.1 Å². The van der Waals surface area contributed by atoms with E-state index in [0.717, 1.165) is 5.56 Å². The van der Waals surface area contributed by atoms with Gasteiger partial charge in [-0.05, 0) is 60.2 Å². The second-order valence-electron chi connectivity index (χ2n) is 6.47. The highest BCUT2D eigenvalue weighted by atomic mass is 35.5. The van der Waals surface area contributed by atoms with Crippen LogP contribution in [0.15, 0.2) is 24.3 Å². The molecule has 1 saturated carbocycles. The Balaban J connectivity index is 2.33. The first-order chi connectivity index (χ1) is 10.2. The molecule has 1 nitrogen and oxygen atoms in total. The van der Waals surface area contributed by atoms with Crippen LogP contribution >= 0.6 is 11.6 Å². The van der Waals surface area contributed by atoms with E-state index in [4.69, 9.17) is 11.6 Å². The lowest BCUT2D eigenvalue weighted by Crippen LogP contribution is -2.34. The Morgan fingerprint density at radius 2 is 1.95 bits per heavy atom. The van der Waals surface area contributed by atoms with E-state index in [1.54, 1.807) is 18.2 Å². The zero-order chi connectivity index (χ0) is 16.5. The molecule has 3 atom stereocenters. The summed E-state index contributed by atoms with van der Waals surface area (Å²) in [4.78, 5) is 11.3. The molecule has 22 heavy (non-hydrogen) atoms. The van der Waals surface area contributed by atoms with Crippen molar-refractivity contribution in [1.82, 2.24) is 0 Å². The molecule has 0 amide bonds. The highest BCUT2D eigenvalue weighted by Crippen LogP contribution is 2.48. The molecule has 0 aromatic heterocycles. The first-order valence-corrected chi connectivity index (χ1v) is 7.94. The molecule has 0 aliphatic heterocycles. The van der Waals surface area contributed by atoms with E-state index in [2.05, 4.69) is 0 Å². The second kappa shape index (κ2) is 6.61. The van der Waals surface area contributed by atoms with Crippen molar-refractivity contribution in [3.8, 4) is 0 Å².